The summed E-state index contributed by atoms with van der Waals surface area (Å²) < 4.78 is 5.28. The summed E-state index contributed by atoms with van der Waals surface area (Å²) in [5, 5.41) is 7.57. The number of hydrogen-bond acceptors (Lipinski definition) is 4. The molecule has 2 rings (SSSR count). The molecule has 0 unspecified atom stereocenters. The molecule has 0 saturated heterocycles. The number of hydrogen-bond donors (Lipinski definition) is 2. The monoisotopic (exact) mass is 440 g/mol. The molecule has 0 radical (unpaired) electrons. The minimum absolute atomic E-state index is 0.0145. The summed E-state index contributed by atoms with van der Waals surface area (Å²) in [6, 6.07) is 7.84. The van der Waals surface area contributed by atoms with Crippen molar-refractivity contribution in [2.24, 2.45) is 10.4 Å². The van der Waals surface area contributed by atoms with Crippen LogP contribution in [-0.2, 0) is 9.53 Å². The second-order valence-corrected chi connectivity index (χ2v) is 9.24. The van der Waals surface area contributed by atoms with Gasteiger partial charge in [-0.25, -0.2) is 4.99 Å². The van der Waals surface area contributed by atoms with Crippen molar-refractivity contribution in [2.45, 2.75) is 30.6 Å². The first-order chi connectivity index (χ1) is 13.9. The predicted octanol–water partition coefficient (Wildman–Crippen LogP) is 3.26. The van der Waals surface area contributed by atoms with E-state index in [9.17, 15) is 4.79 Å². The van der Waals surface area contributed by atoms with Crippen LogP contribution in [0.3, 0.4) is 0 Å². The minimum Gasteiger partial charge on any atom is -0.385 e. The highest BCUT2D eigenvalue weighted by molar-refractivity contribution is 7.99. The van der Waals surface area contributed by atoms with Crippen molar-refractivity contribution in [3.63, 3.8) is 0 Å². The number of methoxy groups -OCH3 is 1. The molecule has 6 nitrogen and oxygen atoms in total. The van der Waals surface area contributed by atoms with Gasteiger partial charge in [0, 0.05) is 56.6 Å². The van der Waals surface area contributed by atoms with Gasteiger partial charge in [-0.05, 0) is 48.9 Å². The van der Waals surface area contributed by atoms with Gasteiger partial charge in [0.2, 0.25) is 5.91 Å². The molecule has 0 bridgehead atoms. The zero-order valence-corrected chi connectivity index (χ0v) is 19.2. The van der Waals surface area contributed by atoms with Crippen LogP contribution in [0.2, 0.25) is 5.02 Å². The Bertz CT molecular complexity index is 663. The number of benzene rings is 1. The molecule has 1 aliphatic rings. The first-order valence-corrected chi connectivity index (χ1v) is 11.4. The largest absolute Gasteiger partial charge is 0.385 e. The molecular weight excluding hydrogens is 408 g/mol. The van der Waals surface area contributed by atoms with Crippen molar-refractivity contribution >= 4 is 35.2 Å². The Kier molecular flexibility index (Phi) is 10.1. The number of guanidine groups is 1. The quantitative estimate of drug-likeness (QED) is 0.239. The SMILES string of the molecule is COCCC1(CNC(=NCC(=O)N(C)C)NCCSc2ccc(Cl)cc2)CCC1. The zero-order valence-electron chi connectivity index (χ0n) is 17.7. The average Bonchev–Trinajstić information content (AvgIpc) is 2.68. The second kappa shape index (κ2) is 12.3. The Hall–Kier alpha value is -1.44. The number of carbonyl (C=O) groups excluding carboxylic acids is 1. The number of rotatable bonds is 11. The molecule has 1 aliphatic carbocycles. The van der Waals surface area contributed by atoms with Crippen LogP contribution in [0.1, 0.15) is 25.7 Å². The standard InChI is InChI=1S/C21H33ClN4O2S/c1-26(2)19(27)15-24-20(25-16-21(9-4-10-21)11-13-28-3)23-12-14-29-18-7-5-17(22)6-8-18/h5-8H,4,9-16H2,1-3H3,(H2,23,24,25). The summed E-state index contributed by atoms with van der Waals surface area (Å²) in [6.07, 6.45) is 4.73. The molecule has 0 spiro atoms. The second-order valence-electron chi connectivity index (χ2n) is 7.63. The van der Waals surface area contributed by atoms with E-state index in [0.29, 0.717) is 5.96 Å². The number of nitrogens with zero attached hydrogens (tertiary/aromatic N) is 2. The Morgan fingerprint density at radius 2 is 2.00 bits per heavy atom. The van der Waals surface area contributed by atoms with Crippen LogP contribution in [0, 0.1) is 5.41 Å². The smallest absolute Gasteiger partial charge is 0.243 e. The molecule has 1 amide bonds. The van der Waals surface area contributed by atoms with Crippen molar-refractivity contribution in [3.05, 3.63) is 29.3 Å². The molecule has 1 aromatic carbocycles. The number of carbonyl (C=O) groups is 1. The minimum atomic E-state index is -0.0145. The van der Waals surface area contributed by atoms with Crippen LogP contribution in [0.4, 0.5) is 0 Å². The molecule has 2 N–H and O–H groups in total. The van der Waals surface area contributed by atoms with Crippen molar-refractivity contribution in [1.82, 2.24) is 15.5 Å². The van der Waals surface area contributed by atoms with Gasteiger partial charge >= 0.3 is 0 Å². The van der Waals surface area contributed by atoms with Crippen LogP contribution in [0.15, 0.2) is 34.2 Å². The maximum absolute atomic E-state index is 11.9. The first-order valence-electron chi connectivity index (χ1n) is 10.0. The van der Waals surface area contributed by atoms with Gasteiger partial charge in [0.25, 0.3) is 0 Å². The third-order valence-corrected chi connectivity index (χ3v) is 6.50. The van der Waals surface area contributed by atoms with Crippen molar-refractivity contribution in [1.29, 1.82) is 0 Å². The number of amides is 1. The van der Waals surface area contributed by atoms with E-state index in [0.717, 1.165) is 36.9 Å². The van der Waals surface area contributed by atoms with E-state index in [1.807, 2.05) is 24.3 Å². The van der Waals surface area contributed by atoms with E-state index in [-0.39, 0.29) is 17.9 Å². The summed E-state index contributed by atoms with van der Waals surface area (Å²) in [6.45, 7) is 2.51. The van der Waals surface area contributed by atoms with Gasteiger partial charge in [-0.3, -0.25) is 4.79 Å². The lowest BCUT2D eigenvalue weighted by Gasteiger charge is -2.42. The molecule has 1 fully saturated rings. The van der Waals surface area contributed by atoms with Gasteiger partial charge in [-0.1, -0.05) is 18.0 Å². The average molecular weight is 441 g/mol. The summed E-state index contributed by atoms with van der Waals surface area (Å²) in [7, 11) is 5.24. The van der Waals surface area contributed by atoms with Crippen LogP contribution < -0.4 is 10.6 Å². The number of halogens is 1. The molecule has 0 atom stereocenters. The molecule has 0 aromatic heterocycles. The number of nitrogens with one attached hydrogen (secondary N) is 2. The van der Waals surface area contributed by atoms with E-state index >= 15 is 0 Å². The van der Waals surface area contributed by atoms with E-state index in [1.165, 1.54) is 24.2 Å². The van der Waals surface area contributed by atoms with Gasteiger partial charge in [-0.2, -0.15) is 0 Å². The first kappa shape index (κ1) is 23.8. The number of thioether (sulfide) groups is 1. The maximum atomic E-state index is 11.9. The summed E-state index contributed by atoms with van der Waals surface area (Å²) in [5.41, 5.74) is 0.280. The normalized spacial score (nSPS) is 15.5. The fraction of sp³-hybridized carbons (Fsp3) is 0.619. The van der Waals surface area contributed by atoms with Gasteiger partial charge < -0.3 is 20.3 Å². The van der Waals surface area contributed by atoms with E-state index in [4.69, 9.17) is 16.3 Å². The highest BCUT2D eigenvalue weighted by atomic mass is 35.5. The van der Waals surface area contributed by atoms with E-state index in [1.54, 1.807) is 37.9 Å². The molecule has 29 heavy (non-hydrogen) atoms. The zero-order chi connectivity index (χ0) is 21.1. The van der Waals surface area contributed by atoms with Crippen LogP contribution in [-0.4, -0.2) is 70.0 Å². The topological polar surface area (TPSA) is 66.0 Å². The molecule has 0 aliphatic heterocycles. The van der Waals surface area contributed by atoms with Gasteiger partial charge in [0.05, 0.1) is 0 Å². The fourth-order valence-corrected chi connectivity index (χ4v) is 4.01. The number of ether oxygens (including phenoxy) is 1. The third-order valence-electron chi connectivity index (χ3n) is 5.23. The molecular formula is C21H33ClN4O2S. The van der Waals surface area contributed by atoms with Crippen molar-refractivity contribution < 1.29 is 9.53 Å². The lowest BCUT2D eigenvalue weighted by atomic mass is 9.67. The predicted molar refractivity (Wildman–Crippen MR) is 122 cm³/mol. The highest BCUT2D eigenvalue weighted by Gasteiger charge is 2.36. The third kappa shape index (κ3) is 8.44. The molecule has 1 saturated carbocycles. The number of aliphatic imine (C=N–C) groups is 1. The Balaban J connectivity index is 1.85. The number of likely N-dealkylation sites (N-methyl/N-ethyl adjacent to an activating group) is 1. The van der Waals surface area contributed by atoms with Gasteiger partial charge in [-0.15, -0.1) is 11.8 Å². The highest BCUT2D eigenvalue weighted by Crippen LogP contribution is 2.43. The molecule has 8 heteroatoms. The molecule has 0 heterocycles. The fourth-order valence-electron chi connectivity index (χ4n) is 3.11. The molecule has 162 valence electrons. The van der Waals surface area contributed by atoms with E-state index < -0.39 is 0 Å². The summed E-state index contributed by atoms with van der Waals surface area (Å²) in [4.78, 5) is 19.2. The Labute approximate surface area is 183 Å². The van der Waals surface area contributed by atoms with Crippen LogP contribution >= 0.6 is 23.4 Å². The van der Waals surface area contributed by atoms with Gasteiger partial charge in [0.1, 0.15) is 6.54 Å². The summed E-state index contributed by atoms with van der Waals surface area (Å²) in [5.74, 6) is 1.57. The van der Waals surface area contributed by atoms with E-state index in [2.05, 4.69) is 15.6 Å². The van der Waals surface area contributed by atoms with Crippen LogP contribution in [0.25, 0.3) is 0 Å². The van der Waals surface area contributed by atoms with Crippen molar-refractivity contribution in [3.8, 4) is 0 Å². The Morgan fingerprint density at radius 1 is 1.28 bits per heavy atom. The lowest BCUT2D eigenvalue weighted by Crippen LogP contribution is -2.47. The Morgan fingerprint density at radius 3 is 2.59 bits per heavy atom. The lowest BCUT2D eigenvalue weighted by molar-refractivity contribution is -0.127. The maximum Gasteiger partial charge on any atom is 0.243 e. The van der Waals surface area contributed by atoms with Crippen LogP contribution in [0.5, 0.6) is 0 Å². The summed E-state index contributed by atoms with van der Waals surface area (Å²) >= 11 is 7.69. The van der Waals surface area contributed by atoms with Gasteiger partial charge in [0.15, 0.2) is 5.96 Å². The molecule has 1 aromatic rings. The van der Waals surface area contributed by atoms with Crippen molar-refractivity contribution in [2.75, 3.05) is 53.2 Å².